The van der Waals surface area contributed by atoms with Gasteiger partial charge in [-0.1, -0.05) is 30.7 Å². The number of fused-ring (bicyclic) bond motifs is 2. The number of carbonyl (C=O) groups excluding carboxylic acids is 1. The van der Waals surface area contributed by atoms with E-state index in [1.165, 1.54) is 5.57 Å². The number of nitrogens with one attached hydrogen (secondary N) is 2. The first-order valence-corrected chi connectivity index (χ1v) is 5.99. The molecule has 0 aromatic heterocycles. The van der Waals surface area contributed by atoms with Crippen LogP contribution in [0.15, 0.2) is 16.9 Å². The van der Waals surface area contributed by atoms with E-state index in [9.17, 15) is 4.79 Å². The summed E-state index contributed by atoms with van der Waals surface area (Å²) in [4.78, 5) is 12.0. The maximum absolute atomic E-state index is 12.0. The maximum atomic E-state index is 12.0. The van der Waals surface area contributed by atoms with E-state index in [1.54, 1.807) is 0 Å². The minimum absolute atomic E-state index is 0.0664. The quantitative estimate of drug-likeness (QED) is 0.429. The number of allylic oxidation sites excluding steroid dienone is 2. The van der Waals surface area contributed by atoms with Crippen molar-refractivity contribution in [3.63, 3.8) is 0 Å². The molecule has 0 aromatic rings. The van der Waals surface area contributed by atoms with Gasteiger partial charge in [0.05, 0.1) is 5.41 Å². The van der Waals surface area contributed by atoms with Gasteiger partial charge in [-0.25, -0.2) is 5.43 Å². The first kappa shape index (κ1) is 11.3. The Morgan fingerprint density at radius 3 is 3.06 bits per heavy atom. The van der Waals surface area contributed by atoms with Gasteiger partial charge in [0.25, 0.3) is 0 Å². The normalized spacial score (nSPS) is 36.8. The highest BCUT2D eigenvalue weighted by molar-refractivity contribution is 5.83. The van der Waals surface area contributed by atoms with E-state index in [0.29, 0.717) is 11.8 Å². The van der Waals surface area contributed by atoms with Gasteiger partial charge in [0.15, 0.2) is 0 Å². The summed E-state index contributed by atoms with van der Waals surface area (Å²) in [5.41, 5.74) is 10.3. The smallest absolute Gasteiger partial charge is 0.247 e. The fourth-order valence-corrected chi connectivity index (χ4v) is 3.46. The molecule has 2 bridgehead atoms. The molecule has 0 radical (unpaired) electrons. The van der Waals surface area contributed by atoms with Crippen LogP contribution in [0, 0.1) is 22.8 Å². The van der Waals surface area contributed by atoms with Crippen LogP contribution in [0.25, 0.3) is 0 Å². The summed E-state index contributed by atoms with van der Waals surface area (Å²) in [6.45, 7) is 4.41. The molecule has 16 heavy (non-hydrogen) atoms. The van der Waals surface area contributed by atoms with Gasteiger partial charge in [0.1, 0.15) is 0 Å². The van der Waals surface area contributed by atoms with Crippen LogP contribution < -0.4 is 5.43 Å². The zero-order valence-corrected chi connectivity index (χ0v) is 9.92. The Hall–Kier alpha value is -1.19. The topological polar surface area (TPSA) is 65.3 Å². The zero-order valence-electron chi connectivity index (χ0n) is 9.92. The van der Waals surface area contributed by atoms with Gasteiger partial charge in [0, 0.05) is 0 Å². The van der Waals surface area contributed by atoms with Gasteiger partial charge in [-0.3, -0.25) is 4.79 Å². The fourth-order valence-electron chi connectivity index (χ4n) is 3.46. The van der Waals surface area contributed by atoms with Crippen LogP contribution >= 0.6 is 0 Å². The van der Waals surface area contributed by atoms with E-state index in [-0.39, 0.29) is 11.3 Å². The SMILES string of the molecule is CCC1=CCC2(C(=O)NN=N)CC(C)C1C2. The van der Waals surface area contributed by atoms with E-state index >= 15 is 0 Å². The molecule has 1 amide bonds. The summed E-state index contributed by atoms with van der Waals surface area (Å²) >= 11 is 0. The summed E-state index contributed by atoms with van der Waals surface area (Å²) in [6.07, 6.45) is 6.02. The molecular formula is C12H19N3O. The molecular weight excluding hydrogens is 202 g/mol. The van der Waals surface area contributed by atoms with Crippen molar-refractivity contribution in [1.82, 2.24) is 5.43 Å². The lowest BCUT2D eigenvalue weighted by atomic mass is 9.75. The van der Waals surface area contributed by atoms with Crippen molar-refractivity contribution in [3.05, 3.63) is 11.6 Å². The summed E-state index contributed by atoms with van der Waals surface area (Å²) in [5, 5.41) is 3.02. The van der Waals surface area contributed by atoms with E-state index in [0.717, 1.165) is 25.7 Å². The van der Waals surface area contributed by atoms with Crippen LogP contribution in [0.4, 0.5) is 0 Å². The lowest BCUT2D eigenvalue weighted by molar-refractivity contribution is -0.131. The number of hydrogen-bond donors (Lipinski definition) is 2. The minimum Gasteiger partial charge on any atom is -0.272 e. The number of nitrogens with zero attached hydrogens (tertiary/aromatic N) is 1. The summed E-state index contributed by atoms with van der Waals surface area (Å²) in [7, 11) is 0. The van der Waals surface area contributed by atoms with Crippen molar-refractivity contribution in [1.29, 1.82) is 5.53 Å². The Bertz CT molecular complexity index is 350. The molecule has 0 aliphatic heterocycles. The minimum atomic E-state index is -0.284. The maximum Gasteiger partial charge on any atom is 0.247 e. The van der Waals surface area contributed by atoms with Gasteiger partial charge < -0.3 is 0 Å². The Kier molecular flexibility index (Phi) is 2.82. The Morgan fingerprint density at radius 1 is 1.69 bits per heavy atom. The van der Waals surface area contributed by atoms with Gasteiger partial charge in [-0.15, -0.1) is 0 Å². The number of rotatable bonds is 3. The summed E-state index contributed by atoms with van der Waals surface area (Å²) in [6, 6.07) is 0. The van der Waals surface area contributed by atoms with Crippen molar-refractivity contribution < 1.29 is 4.79 Å². The monoisotopic (exact) mass is 221 g/mol. The summed E-state index contributed by atoms with van der Waals surface area (Å²) in [5.74, 6) is 1.07. The molecule has 0 heterocycles. The largest absolute Gasteiger partial charge is 0.272 e. The number of carbonyl (C=O) groups is 1. The molecule has 3 atom stereocenters. The second kappa shape index (κ2) is 4.00. The van der Waals surface area contributed by atoms with Crippen LogP contribution in [0.1, 0.15) is 39.5 Å². The Balaban J connectivity index is 2.24. The van der Waals surface area contributed by atoms with Gasteiger partial charge in [0.2, 0.25) is 5.91 Å². The average Bonchev–Trinajstić information content (AvgIpc) is 2.54. The van der Waals surface area contributed by atoms with Crippen LogP contribution in [-0.4, -0.2) is 5.91 Å². The van der Waals surface area contributed by atoms with Crippen LogP contribution in [-0.2, 0) is 4.79 Å². The molecule has 1 fully saturated rings. The second-order valence-corrected chi connectivity index (χ2v) is 5.16. The first-order valence-electron chi connectivity index (χ1n) is 5.99. The predicted molar refractivity (Wildman–Crippen MR) is 60.6 cm³/mol. The third-order valence-electron chi connectivity index (χ3n) is 4.29. The molecule has 2 rings (SSSR count). The van der Waals surface area contributed by atoms with Crippen molar-refractivity contribution in [2.75, 3.05) is 0 Å². The second-order valence-electron chi connectivity index (χ2n) is 5.16. The van der Waals surface area contributed by atoms with Crippen molar-refractivity contribution in [2.45, 2.75) is 39.5 Å². The van der Waals surface area contributed by atoms with E-state index < -0.39 is 0 Å². The molecule has 0 saturated heterocycles. The van der Waals surface area contributed by atoms with Crippen LogP contribution in [0.5, 0.6) is 0 Å². The molecule has 4 heteroatoms. The van der Waals surface area contributed by atoms with Crippen LogP contribution in [0.3, 0.4) is 0 Å². The lowest BCUT2D eigenvalue weighted by Gasteiger charge is -2.30. The van der Waals surface area contributed by atoms with Gasteiger partial charge >= 0.3 is 0 Å². The van der Waals surface area contributed by atoms with Crippen LogP contribution in [0.2, 0.25) is 0 Å². The molecule has 2 N–H and O–H groups in total. The van der Waals surface area contributed by atoms with E-state index in [2.05, 4.69) is 30.6 Å². The predicted octanol–water partition coefficient (Wildman–Crippen LogP) is 2.82. The summed E-state index contributed by atoms with van der Waals surface area (Å²) < 4.78 is 0. The number of hydrogen-bond acceptors (Lipinski definition) is 3. The highest BCUT2D eigenvalue weighted by Crippen LogP contribution is 2.54. The van der Waals surface area contributed by atoms with Crippen molar-refractivity contribution in [2.24, 2.45) is 22.5 Å². The molecule has 4 nitrogen and oxygen atoms in total. The third kappa shape index (κ3) is 1.56. The Labute approximate surface area is 96.0 Å². The molecule has 2 aliphatic carbocycles. The number of amides is 1. The molecule has 1 saturated carbocycles. The average molecular weight is 221 g/mol. The highest BCUT2D eigenvalue weighted by atomic mass is 16.2. The third-order valence-corrected chi connectivity index (χ3v) is 4.29. The molecule has 3 unspecified atom stereocenters. The van der Waals surface area contributed by atoms with Crippen molar-refractivity contribution in [3.8, 4) is 0 Å². The molecule has 0 spiro atoms. The Morgan fingerprint density at radius 2 is 2.44 bits per heavy atom. The first-order chi connectivity index (χ1) is 7.63. The lowest BCUT2D eigenvalue weighted by Crippen LogP contribution is -2.37. The standard InChI is InChI=1S/C12H19N3O/c1-3-9-4-5-12(11(16)14-15-13)6-8(2)10(9)7-12/h4,8,10H,3,5-7H2,1-2H3,(H2,13,14,16). The molecule has 0 aromatic carbocycles. The van der Waals surface area contributed by atoms with E-state index in [1.807, 2.05) is 0 Å². The molecule has 88 valence electrons. The highest BCUT2D eigenvalue weighted by Gasteiger charge is 2.50. The van der Waals surface area contributed by atoms with Crippen molar-refractivity contribution >= 4 is 5.91 Å². The van der Waals surface area contributed by atoms with Gasteiger partial charge in [-0.2, -0.15) is 5.53 Å². The van der Waals surface area contributed by atoms with Gasteiger partial charge in [-0.05, 0) is 37.5 Å². The van der Waals surface area contributed by atoms with E-state index in [4.69, 9.17) is 5.53 Å². The molecule has 2 aliphatic rings. The fraction of sp³-hybridized carbons (Fsp3) is 0.750. The zero-order chi connectivity index (χ0) is 11.8.